The van der Waals surface area contributed by atoms with E-state index in [0.717, 1.165) is 0 Å². The number of benzene rings is 1. The van der Waals surface area contributed by atoms with Crippen LogP contribution in [0.25, 0.3) is 0 Å². The number of carbonyl (C=O) groups excluding carboxylic acids is 2. The van der Waals surface area contributed by atoms with Crippen LogP contribution in [0, 0.1) is 12.5 Å². The molecule has 0 saturated heterocycles. The molecule has 0 radical (unpaired) electrons. The Kier molecular flexibility index (Phi) is 13.1. The van der Waals surface area contributed by atoms with E-state index in [2.05, 4.69) is 4.52 Å². The van der Waals surface area contributed by atoms with Crippen molar-refractivity contribution in [2.45, 2.75) is 33.8 Å². The lowest BCUT2D eigenvalue weighted by Crippen LogP contribution is -2.27. The number of phosphoric acid groups is 2. The van der Waals surface area contributed by atoms with Crippen molar-refractivity contribution in [1.29, 1.82) is 0 Å². The van der Waals surface area contributed by atoms with E-state index in [0.29, 0.717) is 0 Å². The maximum Gasteiger partial charge on any atom is 0.538 e. The van der Waals surface area contributed by atoms with E-state index in [4.69, 9.17) is 38.5 Å². The van der Waals surface area contributed by atoms with Crippen molar-refractivity contribution in [2.24, 2.45) is 0 Å². The Morgan fingerprint density at radius 2 is 1.53 bits per heavy atom. The van der Waals surface area contributed by atoms with Crippen molar-refractivity contribution in [3.8, 4) is 18.3 Å². The minimum Gasteiger partial charge on any atom is -0.459 e. The summed E-state index contributed by atoms with van der Waals surface area (Å²) in [4.78, 5) is 23.9. The predicted octanol–water partition coefficient (Wildman–Crippen LogP) is 4.10. The molecule has 1 rings (SSSR count). The van der Waals surface area contributed by atoms with Crippen molar-refractivity contribution in [2.75, 3.05) is 33.0 Å². The second-order valence-electron chi connectivity index (χ2n) is 6.07. The maximum atomic E-state index is 12.8. The van der Waals surface area contributed by atoms with Crippen molar-refractivity contribution in [3.63, 3.8) is 0 Å². The fraction of sp³-hybridized carbons (Fsp3) is 0.500. The molecule has 0 spiro atoms. The first-order chi connectivity index (χ1) is 16.1. The Morgan fingerprint density at radius 1 is 0.941 bits per heavy atom. The highest BCUT2D eigenvalue weighted by Crippen LogP contribution is 2.52. The molecule has 2 atom stereocenters. The normalized spacial score (nSPS) is 13.9. The highest BCUT2D eigenvalue weighted by Gasteiger charge is 2.35. The zero-order chi connectivity index (χ0) is 25.6. The molecule has 0 aromatic heterocycles. The summed E-state index contributed by atoms with van der Waals surface area (Å²) in [5.74, 6) is -1.54. The van der Waals surface area contributed by atoms with E-state index in [1.165, 1.54) is 32.0 Å². The molecule has 34 heavy (non-hydrogen) atoms. The molecule has 2 unspecified atom stereocenters. The summed E-state index contributed by atoms with van der Waals surface area (Å²) in [7, 11) is -8.28. The fourth-order valence-electron chi connectivity index (χ4n) is 2.32. The van der Waals surface area contributed by atoms with Crippen LogP contribution in [0.15, 0.2) is 24.3 Å². The number of terminal acetylenes is 1. The molecule has 0 N–H and O–H groups in total. The van der Waals surface area contributed by atoms with E-state index in [-0.39, 0.29) is 31.1 Å². The highest BCUT2D eigenvalue weighted by atomic mass is 31.2. The molecule has 14 heteroatoms. The lowest BCUT2D eigenvalue weighted by molar-refractivity contribution is -0.131. The minimum atomic E-state index is -4.18. The van der Waals surface area contributed by atoms with Gasteiger partial charge in [-0.25, -0.2) is 13.9 Å². The molecule has 0 heterocycles. The molecule has 12 nitrogen and oxygen atoms in total. The molecule has 1 aromatic rings. The van der Waals surface area contributed by atoms with Gasteiger partial charge in [0, 0.05) is 6.92 Å². The topological polar surface area (TPSA) is 142 Å². The van der Waals surface area contributed by atoms with Crippen molar-refractivity contribution in [1.82, 2.24) is 0 Å². The summed E-state index contributed by atoms with van der Waals surface area (Å²) in [5.41, 5.74) is -0.0502. The molecule has 0 saturated carbocycles. The van der Waals surface area contributed by atoms with Crippen LogP contribution in [0.4, 0.5) is 0 Å². The number of para-hydroxylation sites is 1. The Morgan fingerprint density at radius 3 is 2.09 bits per heavy atom. The van der Waals surface area contributed by atoms with Crippen molar-refractivity contribution >= 4 is 27.6 Å². The van der Waals surface area contributed by atoms with Crippen LogP contribution >= 0.6 is 15.6 Å². The predicted molar refractivity (Wildman–Crippen MR) is 119 cm³/mol. The first kappa shape index (κ1) is 29.8. The van der Waals surface area contributed by atoms with E-state index >= 15 is 0 Å². The highest BCUT2D eigenvalue weighted by molar-refractivity contribution is 7.49. The molecule has 0 fully saturated rings. The summed E-state index contributed by atoms with van der Waals surface area (Å²) in [6.07, 6.45) is 5.42. The average Bonchev–Trinajstić information content (AvgIpc) is 2.76. The van der Waals surface area contributed by atoms with Gasteiger partial charge in [-0.05, 0) is 32.9 Å². The van der Waals surface area contributed by atoms with Crippen LogP contribution in [-0.2, 0) is 45.8 Å². The van der Waals surface area contributed by atoms with Crippen molar-refractivity contribution in [3.05, 3.63) is 29.8 Å². The third-order valence-electron chi connectivity index (χ3n) is 3.48. The molecule has 0 aliphatic carbocycles. The summed E-state index contributed by atoms with van der Waals surface area (Å²) < 4.78 is 65.7. The van der Waals surface area contributed by atoms with Gasteiger partial charge < -0.3 is 14.0 Å². The van der Waals surface area contributed by atoms with Gasteiger partial charge in [0.05, 0.1) is 26.4 Å². The number of hydrogen-bond donors (Lipinski definition) is 0. The molecule has 0 aliphatic heterocycles. The van der Waals surface area contributed by atoms with E-state index in [1.54, 1.807) is 26.0 Å². The van der Waals surface area contributed by atoms with Gasteiger partial charge in [-0.2, -0.15) is 0 Å². The largest absolute Gasteiger partial charge is 0.538 e. The molecule has 190 valence electrons. The first-order valence-electron chi connectivity index (χ1n) is 10.2. The summed E-state index contributed by atoms with van der Waals surface area (Å²) in [6, 6.07) is 5.88. The van der Waals surface area contributed by atoms with Gasteiger partial charge in [0.25, 0.3) is 0 Å². The summed E-state index contributed by atoms with van der Waals surface area (Å²) in [5, 5.41) is 0. The molecule has 0 aliphatic rings. The Bertz CT molecular complexity index is 932. The van der Waals surface area contributed by atoms with Crippen LogP contribution in [0.1, 0.15) is 38.1 Å². The number of ether oxygens (including phenoxy) is 2. The minimum absolute atomic E-state index is 0.0158. The third kappa shape index (κ3) is 10.4. The van der Waals surface area contributed by atoms with Crippen LogP contribution in [-0.4, -0.2) is 51.1 Å². The van der Waals surface area contributed by atoms with Gasteiger partial charge in [-0.1, -0.05) is 18.6 Å². The fourth-order valence-corrected chi connectivity index (χ4v) is 4.61. The monoisotopic (exact) mass is 522 g/mol. The van der Waals surface area contributed by atoms with Gasteiger partial charge in [0.15, 0.2) is 0 Å². The Hall–Kier alpha value is -2.22. The molecular formula is C20H28O12P2. The van der Waals surface area contributed by atoms with Gasteiger partial charge in [-0.15, -0.1) is 0 Å². The van der Waals surface area contributed by atoms with E-state index in [1.807, 2.05) is 0 Å². The van der Waals surface area contributed by atoms with Gasteiger partial charge >= 0.3 is 27.6 Å². The van der Waals surface area contributed by atoms with E-state index in [9.17, 15) is 18.7 Å². The average molecular weight is 522 g/mol. The number of hydrogen-bond acceptors (Lipinski definition) is 12. The van der Waals surface area contributed by atoms with Crippen molar-refractivity contribution < 1.29 is 55.3 Å². The smallest absolute Gasteiger partial charge is 0.459 e. The SMILES string of the molecule is C#COP(=O)(OCC)OCC(COC(=O)c1ccccc1OC(C)=O)OP(=O)(OCC)OCC. The summed E-state index contributed by atoms with van der Waals surface area (Å²) >= 11 is 0. The molecule has 0 amide bonds. The lowest BCUT2D eigenvalue weighted by Gasteiger charge is -2.24. The number of rotatable bonds is 16. The van der Waals surface area contributed by atoms with Crippen LogP contribution in [0.5, 0.6) is 5.75 Å². The van der Waals surface area contributed by atoms with E-state index < -0.39 is 46.9 Å². The second-order valence-corrected chi connectivity index (χ2v) is 9.28. The molecular weight excluding hydrogens is 494 g/mol. The van der Waals surface area contributed by atoms with Crippen LogP contribution in [0.3, 0.4) is 0 Å². The third-order valence-corrected chi connectivity index (χ3v) is 6.56. The van der Waals surface area contributed by atoms with Gasteiger partial charge in [-0.3, -0.25) is 27.4 Å². The van der Waals surface area contributed by atoms with Crippen LogP contribution < -0.4 is 4.74 Å². The Labute approximate surface area is 198 Å². The number of esters is 2. The standard InChI is InChI=1S/C20H28O12P2/c1-6-26-33(23,27-7-2)30-15-17(32-34(24,28-8-3)29-9-4)14-25-20(22)18-12-10-11-13-19(18)31-16(5)21/h1,10-13,17H,7-9,14-15H2,2-5H3. The van der Waals surface area contributed by atoms with Crippen LogP contribution in [0.2, 0.25) is 0 Å². The molecule has 0 bridgehead atoms. The lowest BCUT2D eigenvalue weighted by atomic mass is 10.2. The van der Waals surface area contributed by atoms with Gasteiger partial charge in [0.2, 0.25) is 0 Å². The Balaban J connectivity index is 3.05. The quantitative estimate of drug-likeness (QED) is 0.133. The molecule has 1 aromatic carbocycles. The first-order valence-corrected chi connectivity index (χ1v) is 13.1. The van der Waals surface area contributed by atoms with Gasteiger partial charge in [0.1, 0.15) is 30.1 Å². The number of carbonyl (C=O) groups is 2. The zero-order valence-electron chi connectivity index (χ0n) is 19.3. The number of phosphoric ester groups is 2. The maximum absolute atomic E-state index is 12.8. The zero-order valence-corrected chi connectivity index (χ0v) is 21.1. The second kappa shape index (κ2) is 14.9. The summed E-state index contributed by atoms with van der Waals surface area (Å²) in [6.45, 7) is 4.61.